The van der Waals surface area contributed by atoms with E-state index in [0.29, 0.717) is 12.8 Å². The number of carbonyl (C=O) groups excluding carboxylic acids is 3. The lowest BCUT2D eigenvalue weighted by Crippen LogP contribution is -2.30. The number of unbranched alkanes of at least 4 members (excludes halogenated alkanes) is 24. The lowest BCUT2D eigenvalue weighted by molar-refractivity contribution is -0.251. The van der Waals surface area contributed by atoms with Crippen molar-refractivity contribution in [3.63, 3.8) is 0 Å². The summed E-state index contributed by atoms with van der Waals surface area (Å²) >= 11 is 0. The molecule has 0 heterocycles. The standard InChI is InChI=1S/C36H69O10P/c1-3-5-7-9-11-13-15-17-19-21-23-25-27-29-34(37)43-31-33(32-44-46-36(39)47(40,41)42)45-35(38)30-28-26-24-22-20-18-16-14-12-10-8-6-4-2/h33H,3-32H2,1-2H3,(H2,40,41,42)/t33-/m1/s1. The van der Waals surface area contributed by atoms with E-state index in [4.69, 9.17) is 19.3 Å². The molecule has 0 aliphatic rings. The quantitative estimate of drug-likeness (QED) is 0.0216. The molecule has 0 rings (SSSR count). The third-order valence-corrected chi connectivity index (χ3v) is 8.87. The van der Waals surface area contributed by atoms with E-state index in [2.05, 4.69) is 23.6 Å². The molecule has 0 saturated carbocycles. The van der Waals surface area contributed by atoms with Crippen LogP contribution in [0.4, 0.5) is 4.79 Å². The largest absolute Gasteiger partial charge is 0.462 e. The second-order valence-electron chi connectivity index (χ2n) is 13.0. The number of ether oxygens (including phenoxy) is 2. The van der Waals surface area contributed by atoms with Crippen LogP contribution in [-0.4, -0.2) is 46.8 Å². The lowest BCUT2D eigenvalue weighted by Gasteiger charge is -2.17. The molecule has 2 N–H and O–H groups in total. The molecular formula is C36H69O10P. The first-order valence-corrected chi connectivity index (χ1v) is 20.6. The zero-order chi connectivity index (χ0) is 34.9. The maximum absolute atomic E-state index is 12.4. The van der Waals surface area contributed by atoms with Gasteiger partial charge >= 0.3 is 25.2 Å². The predicted octanol–water partition coefficient (Wildman–Crippen LogP) is 10.6. The molecule has 0 aromatic carbocycles. The molecule has 0 aliphatic heterocycles. The van der Waals surface area contributed by atoms with E-state index in [1.807, 2.05) is 0 Å². The highest BCUT2D eigenvalue weighted by Crippen LogP contribution is 2.36. The molecule has 278 valence electrons. The highest BCUT2D eigenvalue weighted by atomic mass is 31.2. The SMILES string of the molecule is CCCCCCCCCCCCCCCC(=O)OC[C@H](COOC(=O)P(=O)(O)O)OC(=O)CCCCCCCCCCCCCCC. The van der Waals surface area contributed by atoms with Gasteiger partial charge in [0, 0.05) is 12.8 Å². The number of esters is 2. The fourth-order valence-corrected chi connectivity index (χ4v) is 5.55. The molecule has 0 aromatic rings. The number of hydrogen-bond acceptors (Lipinski definition) is 8. The van der Waals surface area contributed by atoms with Crippen LogP contribution >= 0.6 is 7.60 Å². The molecule has 0 spiro atoms. The minimum atomic E-state index is -5.13. The summed E-state index contributed by atoms with van der Waals surface area (Å²) in [6.07, 6.45) is 30.4. The van der Waals surface area contributed by atoms with Gasteiger partial charge in [-0.15, -0.1) is 0 Å². The summed E-state index contributed by atoms with van der Waals surface area (Å²) in [4.78, 5) is 62.4. The number of rotatable bonds is 35. The van der Waals surface area contributed by atoms with Crippen LogP contribution in [0.3, 0.4) is 0 Å². The molecule has 0 unspecified atom stereocenters. The van der Waals surface area contributed by atoms with Gasteiger partial charge in [0.15, 0.2) is 6.10 Å². The van der Waals surface area contributed by atoms with Gasteiger partial charge in [-0.1, -0.05) is 168 Å². The van der Waals surface area contributed by atoms with Crippen molar-refractivity contribution in [3.05, 3.63) is 0 Å². The van der Waals surface area contributed by atoms with E-state index in [1.54, 1.807) is 0 Å². The van der Waals surface area contributed by atoms with E-state index in [9.17, 15) is 18.9 Å². The van der Waals surface area contributed by atoms with Crippen LogP contribution in [0.2, 0.25) is 0 Å². The van der Waals surface area contributed by atoms with Crippen LogP contribution < -0.4 is 0 Å². The van der Waals surface area contributed by atoms with Gasteiger partial charge in [0.2, 0.25) is 0 Å². The fourth-order valence-electron chi connectivity index (χ4n) is 5.40. The average molecular weight is 693 g/mol. The van der Waals surface area contributed by atoms with E-state index < -0.39 is 38.0 Å². The Morgan fingerprint density at radius 1 is 0.511 bits per heavy atom. The summed E-state index contributed by atoms with van der Waals surface area (Å²) < 4.78 is 21.6. The van der Waals surface area contributed by atoms with E-state index in [1.165, 1.54) is 116 Å². The lowest BCUT2D eigenvalue weighted by atomic mass is 10.0. The molecule has 0 fully saturated rings. The van der Waals surface area contributed by atoms with Crippen molar-refractivity contribution in [1.29, 1.82) is 0 Å². The topological polar surface area (TPSA) is 146 Å². The zero-order valence-electron chi connectivity index (χ0n) is 29.9. The smallest absolute Gasteiger partial charge is 0.452 e. The molecule has 0 saturated heterocycles. The Balaban J connectivity index is 4.16. The first-order valence-electron chi connectivity index (χ1n) is 18.9. The molecule has 0 bridgehead atoms. The van der Waals surface area contributed by atoms with Crippen molar-refractivity contribution in [2.45, 2.75) is 200 Å². The Morgan fingerprint density at radius 2 is 0.851 bits per heavy atom. The molecule has 10 nitrogen and oxygen atoms in total. The minimum absolute atomic E-state index is 0.184. The summed E-state index contributed by atoms with van der Waals surface area (Å²) in [6.45, 7) is 3.63. The second-order valence-corrected chi connectivity index (χ2v) is 14.4. The molecular weight excluding hydrogens is 623 g/mol. The van der Waals surface area contributed by atoms with Crippen LogP contribution in [-0.2, 0) is 33.4 Å². The van der Waals surface area contributed by atoms with Crippen molar-refractivity contribution < 1.29 is 48.0 Å². The third kappa shape index (κ3) is 32.8. The van der Waals surface area contributed by atoms with E-state index in [0.717, 1.165) is 38.5 Å². The molecule has 47 heavy (non-hydrogen) atoms. The van der Waals surface area contributed by atoms with Gasteiger partial charge in [0.25, 0.3) is 0 Å². The highest BCUT2D eigenvalue weighted by Gasteiger charge is 2.30. The van der Waals surface area contributed by atoms with Crippen LogP contribution in [0.1, 0.15) is 194 Å². The molecule has 0 radical (unpaired) electrons. The van der Waals surface area contributed by atoms with E-state index >= 15 is 0 Å². The Bertz CT molecular complexity index is 801. The van der Waals surface area contributed by atoms with Crippen molar-refractivity contribution in [2.75, 3.05) is 13.2 Å². The van der Waals surface area contributed by atoms with Crippen LogP contribution in [0.15, 0.2) is 0 Å². The van der Waals surface area contributed by atoms with Gasteiger partial charge in [-0.3, -0.25) is 14.5 Å². The summed E-state index contributed by atoms with van der Waals surface area (Å²) in [5, 5.41) is 0. The molecule has 0 aliphatic carbocycles. The Hall–Kier alpha value is -1.48. The monoisotopic (exact) mass is 692 g/mol. The van der Waals surface area contributed by atoms with Crippen molar-refractivity contribution in [2.24, 2.45) is 0 Å². The van der Waals surface area contributed by atoms with Gasteiger partial charge in [-0.2, -0.15) is 4.89 Å². The Labute approximate surface area is 285 Å². The maximum Gasteiger partial charge on any atom is 0.452 e. The molecule has 0 aromatic heterocycles. The summed E-state index contributed by atoms with van der Waals surface area (Å²) in [6, 6.07) is 0. The first-order chi connectivity index (χ1) is 22.7. The molecule has 11 heteroatoms. The number of carbonyl (C=O) groups is 3. The van der Waals surface area contributed by atoms with E-state index in [-0.39, 0.29) is 19.4 Å². The normalized spacial score (nSPS) is 12.2. The maximum atomic E-state index is 12.4. The van der Waals surface area contributed by atoms with Crippen molar-refractivity contribution >= 4 is 25.2 Å². The van der Waals surface area contributed by atoms with Gasteiger partial charge in [0.05, 0.1) is 0 Å². The van der Waals surface area contributed by atoms with Gasteiger partial charge < -0.3 is 19.3 Å². The predicted molar refractivity (Wildman–Crippen MR) is 186 cm³/mol. The van der Waals surface area contributed by atoms with Crippen molar-refractivity contribution in [3.8, 4) is 0 Å². The first kappa shape index (κ1) is 45.5. The zero-order valence-corrected chi connectivity index (χ0v) is 30.8. The Morgan fingerprint density at radius 3 is 1.21 bits per heavy atom. The van der Waals surface area contributed by atoms with Crippen LogP contribution in [0.5, 0.6) is 0 Å². The van der Waals surface area contributed by atoms with Gasteiger partial charge in [0.1, 0.15) is 13.2 Å². The van der Waals surface area contributed by atoms with Crippen LogP contribution in [0.25, 0.3) is 0 Å². The molecule has 0 amide bonds. The fraction of sp³-hybridized carbons (Fsp3) is 0.917. The summed E-state index contributed by atoms with van der Waals surface area (Å²) in [5.74, 6) is -0.937. The van der Waals surface area contributed by atoms with Gasteiger partial charge in [-0.05, 0) is 12.8 Å². The molecule has 1 atom stereocenters. The Kier molecular flexibility index (Phi) is 32.0. The second kappa shape index (κ2) is 33.0. The summed E-state index contributed by atoms with van der Waals surface area (Å²) in [5.41, 5.74) is -1.85. The minimum Gasteiger partial charge on any atom is -0.462 e. The highest BCUT2D eigenvalue weighted by molar-refractivity contribution is 7.69. The average Bonchev–Trinajstić information content (AvgIpc) is 3.03. The van der Waals surface area contributed by atoms with Gasteiger partial charge in [-0.25, -0.2) is 9.36 Å². The van der Waals surface area contributed by atoms with Crippen LogP contribution in [0, 0.1) is 0 Å². The number of hydrogen-bond donors (Lipinski definition) is 2. The van der Waals surface area contributed by atoms with Crippen molar-refractivity contribution in [1.82, 2.24) is 0 Å². The third-order valence-electron chi connectivity index (χ3n) is 8.32. The summed E-state index contributed by atoms with van der Waals surface area (Å²) in [7, 11) is -5.13.